The van der Waals surface area contributed by atoms with E-state index in [0.717, 1.165) is 47.2 Å². The largest absolute Gasteiger partial charge is 0.588 e. The smallest absolute Gasteiger partial charge is 0.349 e. The van der Waals surface area contributed by atoms with Crippen LogP contribution in [0, 0.1) is 0 Å². The molecule has 0 N–H and O–H groups in total. The fourth-order valence-electron chi connectivity index (χ4n) is 3.45. The molecule has 154 valence electrons. The Balaban J connectivity index is 2.14. The number of allylic oxidation sites excluding steroid dienone is 2. The van der Waals surface area contributed by atoms with Crippen molar-refractivity contribution in [2.24, 2.45) is 0 Å². The molecule has 1 aromatic heterocycles. The van der Waals surface area contributed by atoms with Gasteiger partial charge in [0.1, 0.15) is 9.09 Å². The molecule has 0 bridgehead atoms. The van der Waals surface area contributed by atoms with Crippen molar-refractivity contribution in [1.29, 1.82) is 0 Å². The third-order valence-electron chi connectivity index (χ3n) is 4.66. The zero-order valence-electron chi connectivity index (χ0n) is 16.1. The number of fused-ring (bicyclic) bond motifs is 2. The molecular formula is C18H23NO6S3. The molecule has 0 amide bonds. The second-order valence-corrected chi connectivity index (χ2v) is 10.5. The lowest BCUT2D eigenvalue weighted by molar-refractivity contribution is -0.139. The molecule has 1 aliphatic heterocycles. The maximum absolute atomic E-state index is 13.3. The van der Waals surface area contributed by atoms with Gasteiger partial charge in [0, 0.05) is 0 Å². The van der Waals surface area contributed by atoms with E-state index in [9.17, 15) is 18.4 Å². The van der Waals surface area contributed by atoms with E-state index < -0.39 is 22.3 Å². The Morgan fingerprint density at radius 2 is 1.89 bits per heavy atom. The van der Waals surface area contributed by atoms with Crippen molar-refractivity contribution in [3.8, 4) is 0 Å². The molecule has 0 radical (unpaired) electrons. The Labute approximate surface area is 173 Å². The standard InChI is InChI=1S/C18H23NO6S3/c1-4-24-13(20)10-26-18-16-14(15(27-18)17(21)25-5-2)11-8-6-7-9-12(11)19(3)28(16,22)23/h4-10H2,1-3H3. The number of sulfonamides is 1. The van der Waals surface area contributed by atoms with Gasteiger partial charge in [-0.2, -0.15) is 4.31 Å². The highest BCUT2D eigenvalue weighted by Crippen LogP contribution is 2.52. The summed E-state index contributed by atoms with van der Waals surface area (Å²) in [7, 11) is -2.25. The van der Waals surface area contributed by atoms with Crippen LogP contribution in [0.1, 0.15) is 54.8 Å². The lowest BCUT2D eigenvalue weighted by Crippen LogP contribution is -2.37. The zero-order chi connectivity index (χ0) is 20.5. The number of hydrogen-bond donors (Lipinski definition) is 0. The van der Waals surface area contributed by atoms with Crippen LogP contribution >= 0.6 is 23.1 Å². The van der Waals surface area contributed by atoms with Gasteiger partial charge in [0.05, 0.1) is 37.3 Å². The molecule has 7 nitrogen and oxygen atoms in total. The lowest BCUT2D eigenvalue weighted by atomic mass is 9.91. The molecule has 2 aliphatic rings. The van der Waals surface area contributed by atoms with Crippen LogP contribution in [-0.2, 0) is 28.9 Å². The fourth-order valence-corrected chi connectivity index (χ4v) is 7.99. The maximum atomic E-state index is 13.3. The first-order valence-corrected chi connectivity index (χ1v) is 12.4. The molecule has 10 heteroatoms. The van der Waals surface area contributed by atoms with Crippen molar-refractivity contribution in [3.63, 3.8) is 0 Å². The average molecular weight is 446 g/mol. The van der Waals surface area contributed by atoms with E-state index in [4.69, 9.17) is 9.47 Å². The SMILES string of the molecule is CCOC(=O)CSc1sc(C(=O)OCC)c2c1[S+](=O)([O-])N(C)C1=C2CCCC1. The van der Waals surface area contributed by atoms with Crippen molar-refractivity contribution in [1.82, 2.24) is 4.31 Å². The van der Waals surface area contributed by atoms with Crippen molar-refractivity contribution < 1.29 is 27.8 Å². The van der Waals surface area contributed by atoms with E-state index in [1.807, 2.05) is 0 Å². The minimum atomic E-state index is -3.80. The van der Waals surface area contributed by atoms with E-state index in [1.54, 1.807) is 20.9 Å². The zero-order valence-corrected chi connectivity index (χ0v) is 18.5. The van der Waals surface area contributed by atoms with Crippen LogP contribution in [0.4, 0.5) is 0 Å². The van der Waals surface area contributed by atoms with Gasteiger partial charge >= 0.3 is 11.9 Å². The minimum Gasteiger partial charge on any atom is -0.588 e. The lowest BCUT2D eigenvalue weighted by Gasteiger charge is -2.36. The van der Waals surface area contributed by atoms with E-state index >= 15 is 0 Å². The van der Waals surface area contributed by atoms with Crippen LogP contribution in [0.2, 0.25) is 0 Å². The number of esters is 2. The maximum Gasteiger partial charge on any atom is 0.349 e. The highest BCUT2D eigenvalue weighted by atomic mass is 32.3. The average Bonchev–Trinajstić information content (AvgIpc) is 3.06. The minimum absolute atomic E-state index is 0.0196. The quantitative estimate of drug-likeness (QED) is 0.374. The molecule has 0 saturated heterocycles. The number of carbonyl (C=O) groups excluding carboxylic acids is 2. The highest BCUT2D eigenvalue weighted by molar-refractivity contribution is 8.03. The van der Waals surface area contributed by atoms with Crippen molar-refractivity contribution in [3.05, 3.63) is 16.1 Å². The van der Waals surface area contributed by atoms with E-state index in [1.165, 1.54) is 4.31 Å². The normalized spacial score (nSPS) is 21.2. The molecule has 0 saturated carbocycles. The summed E-state index contributed by atoms with van der Waals surface area (Å²) in [5.41, 5.74) is 2.13. The summed E-state index contributed by atoms with van der Waals surface area (Å²) in [5.74, 6) is -0.968. The van der Waals surface area contributed by atoms with Crippen LogP contribution in [0.5, 0.6) is 0 Å². The second kappa shape index (κ2) is 8.56. The van der Waals surface area contributed by atoms with Gasteiger partial charge in [-0.25, -0.2) is 4.79 Å². The first-order valence-electron chi connectivity index (χ1n) is 9.16. The molecule has 1 aliphatic carbocycles. The summed E-state index contributed by atoms with van der Waals surface area (Å²) in [5, 5.41) is 0. The highest BCUT2D eigenvalue weighted by Gasteiger charge is 2.46. The summed E-state index contributed by atoms with van der Waals surface area (Å²) in [4.78, 5) is 24.8. The Bertz CT molecular complexity index is 875. The van der Waals surface area contributed by atoms with Gasteiger partial charge in [-0.15, -0.1) is 11.3 Å². The first-order chi connectivity index (χ1) is 13.3. The molecule has 1 atom stereocenters. The second-order valence-electron chi connectivity index (χ2n) is 6.34. The number of thiophene rings is 1. The summed E-state index contributed by atoms with van der Waals surface area (Å²) < 4.78 is 38.4. The molecule has 28 heavy (non-hydrogen) atoms. The van der Waals surface area contributed by atoms with Gasteiger partial charge in [0.25, 0.3) is 0 Å². The van der Waals surface area contributed by atoms with Crippen LogP contribution in [0.25, 0.3) is 5.57 Å². The Kier molecular flexibility index (Phi) is 6.53. The summed E-state index contributed by atoms with van der Waals surface area (Å²) in [6, 6.07) is 0. The fraction of sp³-hybridized carbons (Fsp3) is 0.556. The third-order valence-corrected chi connectivity index (χ3v) is 9.20. The number of nitrogens with zero attached hydrogens (tertiary/aromatic N) is 1. The number of ether oxygens (including phenoxy) is 2. The van der Waals surface area contributed by atoms with Gasteiger partial charge in [0.2, 0.25) is 4.90 Å². The van der Waals surface area contributed by atoms with Gasteiger partial charge < -0.3 is 14.0 Å². The number of carbonyl (C=O) groups is 2. The number of hydrogen-bond acceptors (Lipinski definition) is 8. The van der Waals surface area contributed by atoms with Gasteiger partial charge in [0.15, 0.2) is 10.4 Å². The van der Waals surface area contributed by atoms with E-state index in [2.05, 4.69) is 0 Å². The van der Waals surface area contributed by atoms with Crippen LogP contribution < -0.4 is 0 Å². The first kappa shape index (κ1) is 21.4. The van der Waals surface area contributed by atoms with E-state index in [-0.39, 0.29) is 23.9 Å². The topological polar surface area (TPSA) is 96.0 Å². The summed E-state index contributed by atoms with van der Waals surface area (Å²) in [6.45, 7) is 3.89. The van der Waals surface area contributed by atoms with Gasteiger partial charge in [-0.3, -0.25) is 4.79 Å². The molecule has 2 heterocycles. The Hall–Kier alpha value is -1.36. The Morgan fingerprint density at radius 3 is 2.57 bits per heavy atom. The summed E-state index contributed by atoms with van der Waals surface area (Å²) in [6.07, 6.45) is 3.23. The van der Waals surface area contributed by atoms with Crippen LogP contribution in [-0.4, -0.2) is 46.8 Å². The predicted octanol–water partition coefficient (Wildman–Crippen LogP) is 3.71. The van der Waals surface area contributed by atoms with Crippen LogP contribution in [0.3, 0.4) is 0 Å². The number of rotatable bonds is 6. The van der Waals surface area contributed by atoms with Gasteiger partial charge in [-0.1, -0.05) is 16.0 Å². The van der Waals surface area contributed by atoms with E-state index in [0.29, 0.717) is 27.5 Å². The molecule has 0 aromatic carbocycles. The Morgan fingerprint density at radius 1 is 1.21 bits per heavy atom. The van der Waals surface area contributed by atoms with Gasteiger partial charge in [-0.05, 0) is 45.1 Å². The number of thioether (sulfide) groups is 1. The molecule has 1 unspecified atom stereocenters. The third kappa shape index (κ3) is 3.74. The molecule has 3 rings (SSSR count). The predicted molar refractivity (Wildman–Crippen MR) is 108 cm³/mol. The van der Waals surface area contributed by atoms with Crippen LogP contribution in [0.15, 0.2) is 14.8 Å². The molecule has 0 fully saturated rings. The molecular weight excluding hydrogens is 422 g/mol. The van der Waals surface area contributed by atoms with Crippen molar-refractivity contribution in [2.75, 3.05) is 26.0 Å². The van der Waals surface area contributed by atoms with Crippen molar-refractivity contribution >= 4 is 51.0 Å². The van der Waals surface area contributed by atoms with Crippen molar-refractivity contribution in [2.45, 2.75) is 48.6 Å². The monoisotopic (exact) mass is 445 g/mol. The molecule has 1 aromatic rings. The summed E-state index contributed by atoms with van der Waals surface area (Å²) >= 11 is 2.18. The molecule has 0 spiro atoms.